The Hall–Kier alpha value is -2.74. The van der Waals surface area contributed by atoms with E-state index in [9.17, 15) is 14.9 Å². The summed E-state index contributed by atoms with van der Waals surface area (Å²) in [5.41, 5.74) is 1.21. The number of nitrogens with one attached hydrogen (secondary N) is 1. The summed E-state index contributed by atoms with van der Waals surface area (Å²) in [4.78, 5) is 24.7. The van der Waals surface area contributed by atoms with Gasteiger partial charge >= 0.3 is 0 Å². The molecule has 1 aliphatic heterocycles. The number of carbonyl (C=O) groups is 1. The van der Waals surface area contributed by atoms with Crippen molar-refractivity contribution in [3.63, 3.8) is 0 Å². The largest absolute Gasteiger partial charge is 0.337 e. The molecule has 1 aromatic carbocycles. The zero-order valence-corrected chi connectivity index (χ0v) is 13.4. The first-order valence-corrected chi connectivity index (χ1v) is 7.84. The molecule has 1 N–H and O–H groups in total. The number of likely N-dealkylation sites (tertiary alicyclic amines) is 1. The van der Waals surface area contributed by atoms with Gasteiger partial charge in [-0.25, -0.2) is 4.68 Å². The van der Waals surface area contributed by atoms with Crippen LogP contribution in [-0.2, 0) is 0 Å². The third-order valence-corrected chi connectivity index (χ3v) is 4.27. The fourth-order valence-corrected chi connectivity index (χ4v) is 2.88. The van der Waals surface area contributed by atoms with E-state index in [0.29, 0.717) is 23.8 Å². The van der Waals surface area contributed by atoms with Crippen molar-refractivity contribution in [3.05, 3.63) is 52.3 Å². The lowest BCUT2D eigenvalue weighted by Crippen LogP contribution is -2.46. The molecule has 0 bridgehead atoms. The first-order chi connectivity index (χ1) is 11.6. The highest BCUT2D eigenvalue weighted by atomic mass is 16.6. The van der Waals surface area contributed by atoms with Crippen molar-refractivity contribution < 1.29 is 9.72 Å². The number of amides is 1. The van der Waals surface area contributed by atoms with Crippen molar-refractivity contribution in [3.8, 4) is 5.69 Å². The molecule has 3 rings (SSSR count). The third kappa shape index (κ3) is 3.28. The van der Waals surface area contributed by atoms with Crippen molar-refractivity contribution in [2.75, 3.05) is 20.1 Å². The molecule has 2 aromatic rings. The third-order valence-electron chi connectivity index (χ3n) is 4.27. The standard InChI is InChI=1S/C16H19N5O3/c1-17-13-3-2-8-19(11-13)16(22)12-9-18-20(10-12)14-4-6-15(7-5-14)21(23)24/h4-7,9-10,13,17H,2-3,8,11H2,1H3. The van der Waals surface area contributed by atoms with E-state index in [1.165, 1.54) is 18.3 Å². The minimum atomic E-state index is -0.448. The highest BCUT2D eigenvalue weighted by Crippen LogP contribution is 2.17. The van der Waals surface area contributed by atoms with Gasteiger partial charge in [0.1, 0.15) is 0 Å². The average molecular weight is 329 g/mol. The molecule has 126 valence electrons. The van der Waals surface area contributed by atoms with Crippen molar-refractivity contribution in [2.24, 2.45) is 0 Å². The molecule has 24 heavy (non-hydrogen) atoms. The van der Waals surface area contributed by atoms with Crippen LogP contribution in [-0.4, -0.2) is 51.7 Å². The molecule has 1 saturated heterocycles. The number of aromatic nitrogens is 2. The van der Waals surface area contributed by atoms with Gasteiger partial charge in [-0.2, -0.15) is 5.10 Å². The number of nitro benzene ring substituents is 1. The van der Waals surface area contributed by atoms with Crippen LogP contribution in [0.4, 0.5) is 5.69 Å². The Balaban J connectivity index is 1.75. The molecule has 2 heterocycles. The summed E-state index contributed by atoms with van der Waals surface area (Å²) in [6.07, 6.45) is 5.25. The minimum absolute atomic E-state index is 0.0219. The number of hydrogen-bond acceptors (Lipinski definition) is 5. The number of piperidine rings is 1. The number of benzene rings is 1. The Bertz CT molecular complexity index is 740. The van der Waals surface area contributed by atoms with Crippen LogP contribution in [0.3, 0.4) is 0 Å². The van der Waals surface area contributed by atoms with Gasteiger partial charge < -0.3 is 10.2 Å². The molecule has 1 aliphatic rings. The van der Waals surface area contributed by atoms with Gasteiger partial charge in [-0.1, -0.05) is 0 Å². The van der Waals surface area contributed by atoms with E-state index >= 15 is 0 Å². The van der Waals surface area contributed by atoms with E-state index in [0.717, 1.165) is 19.4 Å². The maximum absolute atomic E-state index is 12.6. The van der Waals surface area contributed by atoms with Crippen LogP contribution in [0.2, 0.25) is 0 Å². The zero-order chi connectivity index (χ0) is 17.1. The molecule has 8 nitrogen and oxygen atoms in total. The molecule has 0 saturated carbocycles. The lowest BCUT2D eigenvalue weighted by atomic mass is 10.1. The van der Waals surface area contributed by atoms with Crippen molar-refractivity contribution >= 4 is 11.6 Å². The van der Waals surface area contributed by atoms with E-state index < -0.39 is 4.92 Å². The molecule has 0 radical (unpaired) electrons. The first-order valence-electron chi connectivity index (χ1n) is 7.84. The van der Waals surface area contributed by atoms with Crippen molar-refractivity contribution in [2.45, 2.75) is 18.9 Å². The summed E-state index contributed by atoms with van der Waals surface area (Å²) >= 11 is 0. The maximum atomic E-state index is 12.6. The van der Waals surface area contributed by atoms with Crippen LogP contribution >= 0.6 is 0 Å². The summed E-state index contributed by atoms with van der Waals surface area (Å²) in [6, 6.07) is 6.38. The molecule has 0 aliphatic carbocycles. The molecular weight excluding hydrogens is 310 g/mol. The molecule has 1 aromatic heterocycles. The van der Waals surface area contributed by atoms with Crippen LogP contribution in [0.1, 0.15) is 23.2 Å². The second-order valence-corrected chi connectivity index (χ2v) is 5.83. The predicted molar refractivity (Wildman–Crippen MR) is 88.2 cm³/mol. The molecular formula is C16H19N5O3. The lowest BCUT2D eigenvalue weighted by molar-refractivity contribution is -0.384. The Morgan fingerprint density at radius 3 is 2.79 bits per heavy atom. The number of rotatable bonds is 4. The molecule has 1 unspecified atom stereocenters. The number of non-ortho nitro benzene ring substituents is 1. The van der Waals surface area contributed by atoms with Gasteiger partial charge in [-0.05, 0) is 32.0 Å². The zero-order valence-electron chi connectivity index (χ0n) is 13.4. The van der Waals surface area contributed by atoms with E-state index in [-0.39, 0.29) is 11.6 Å². The SMILES string of the molecule is CNC1CCCN(C(=O)c2cnn(-c3ccc([N+](=O)[O-])cc3)c2)C1. The van der Waals surface area contributed by atoms with Crippen molar-refractivity contribution in [1.29, 1.82) is 0 Å². The number of hydrogen-bond donors (Lipinski definition) is 1. The Labute approximate surface area is 139 Å². The van der Waals surface area contributed by atoms with Crippen molar-refractivity contribution in [1.82, 2.24) is 20.0 Å². The molecule has 0 spiro atoms. The fraction of sp³-hybridized carbons (Fsp3) is 0.375. The van der Waals surface area contributed by atoms with Crippen LogP contribution < -0.4 is 5.32 Å². The normalized spacial score (nSPS) is 17.7. The Morgan fingerprint density at radius 2 is 2.12 bits per heavy atom. The molecule has 1 atom stereocenters. The number of likely N-dealkylation sites (N-methyl/N-ethyl adjacent to an activating group) is 1. The Kier molecular flexibility index (Phi) is 4.57. The van der Waals surface area contributed by atoms with Gasteiger partial charge in [0.15, 0.2) is 0 Å². The lowest BCUT2D eigenvalue weighted by Gasteiger charge is -2.32. The topological polar surface area (TPSA) is 93.3 Å². The number of carbonyl (C=O) groups excluding carboxylic acids is 1. The van der Waals surface area contributed by atoms with Gasteiger partial charge in [0.25, 0.3) is 11.6 Å². The van der Waals surface area contributed by atoms with Gasteiger partial charge in [-0.15, -0.1) is 0 Å². The highest BCUT2D eigenvalue weighted by Gasteiger charge is 2.24. The first kappa shape index (κ1) is 16.1. The molecule has 1 amide bonds. The highest BCUT2D eigenvalue weighted by molar-refractivity contribution is 5.93. The van der Waals surface area contributed by atoms with Crippen LogP contribution in [0.5, 0.6) is 0 Å². The monoisotopic (exact) mass is 329 g/mol. The molecule has 1 fully saturated rings. The van der Waals surface area contributed by atoms with Gasteiger partial charge in [0.2, 0.25) is 0 Å². The van der Waals surface area contributed by atoms with Crippen LogP contribution in [0, 0.1) is 10.1 Å². The second kappa shape index (κ2) is 6.79. The van der Waals surface area contributed by atoms with Gasteiger partial charge in [-0.3, -0.25) is 14.9 Å². The van der Waals surface area contributed by atoms with E-state index in [1.54, 1.807) is 23.0 Å². The summed E-state index contributed by atoms with van der Waals surface area (Å²) < 4.78 is 1.55. The van der Waals surface area contributed by atoms with E-state index in [1.807, 2.05) is 11.9 Å². The molecule has 8 heteroatoms. The van der Waals surface area contributed by atoms with Crippen LogP contribution in [0.15, 0.2) is 36.7 Å². The maximum Gasteiger partial charge on any atom is 0.269 e. The predicted octanol–water partition coefficient (Wildman–Crippen LogP) is 1.60. The van der Waals surface area contributed by atoms with Gasteiger partial charge in [0.05, 0.1) is 22.4 Å². The second-order valence-electron chi connectivity index (χ2n) is 5.83. The summed E-state index contributed by atoms with van der Waals surface area (Å²) in [5, 5.41) is 18.1. The fourth-order valence-electron chi connectivity index (χ4n) is 2.88. The summed E-state index contributed by atoms with van der Waals surface area (Å²) in [7, 11) is 1.91. The number of nitrogens with zero attached hydrogens (tertiary/aromatic N) is 4. The number of nitro groups is 1. The van der Waals surface area contributed by atoms with Gasteiger partial charge in [0, 0.05) is 37.5 Å². The van der Waals surface area contributed by atoms with Crippen LogP contribution in [0.25, 0.3) is 5.69 Å². The van der Waals surface area contributed by atoms with E-state index in [2.05, 4.69) is 10.4 Å². The quantitative estimate of drug-likeness (QED) is 0.679. The summed E-state index contributed by atoms with van der Waals surface area (Å²) in [6.45, 7) is 1.44. The van der Waals surface area contributed by atoms with E-state index in [4.69, 9.17) is 0 Å². The smallest absolute Gasteiger partial charge is 0.269 e. The summed E-state index contributed by atoms with van der Waals surface area (Å²) in [5.74, 6) is -0.0388. The minimum Gasteiger partial charge on any atom is -0.337 e. The Morgan fingerprint density at radius 1 is 1.38 bits per heavy atom. The average Bonchev–Trinajstić information content (AvgIpc) is 3.11.